The molecular weight excluding hydrogens is 218 g/mol. The Balaban J connectivity index is 1.87. The van der Waals surface area contributed by atoms with E-state index in [9.17, 15) is 0 Å². The average molecular weight is 239 g/mol. The first-order valence-corrected chi connectivity index (χ1v) is 6.83. The number of hydrogen-bond acceptors (Lipinski definition) is 4. The van der Waals surface area contributed by atoms with E-state index < -0.39 is 0 Å². The summed E-state index contributed by atoms with van der Waals surface area (Å²) in [6, 6.07) is 0. The number of likely N-dealkylation sites (tertiary alicyclic amines) is 1. The molecule has 0 saturated carbocycles. The van der Waals surface area contributed by atoms with E-state index >= 15 is 0 Å². The molecule has 4 heteroatoms. The van der Waals surface area contributed by atoms with Crippen LogP contribution in [0.2, 0.25) is 0 Å². The first-order valence-electron chi connectivity index (χ1n) is 5.95. The summed E-state index contributed by atoms with van der Waals surface area (Å²) in [6.07, 6.45) is 2.59. The second-order valence-electron chi connectivity index (χ2n) is 5.38. The van der Waals surface area contributed by atoms with Crippen LogP contribution in [0, 0.1) is 5.41 Å². The molecule has 1 aromatic heterocycles. The van der Waals surface area contributed by atoms with Crippen LogP contribution in [0.1, 0.15) is 37.4 Å². The van der Waals surface area contributed by atoms with Crippen LogP contribution in [0.25, 0.3) is 0 Å². The van der Waals surface area contributed by atoms with Gasteiger partial charge in [0, 0.05) is 18.5 Å². The van der Waals surface area contributed by atoms with E-state index in [0.717, 1.165) is 11.6 Å². The third-order valence-electron chi connectivity index (χ3n) is 3.37. The third kappa shape index (κ3) is 3.03. The minimum atomic E-state index is 0.529. The Morgan fingerprint density at radius 2 is 2.12 bits per heavy atom. The van der Waals surface area contributed by atoms with Gasteiger partial charge in [0.1, 0.15) is 5.01 Å². The van der Waals surface area contributed by atoms with Crippen LogP contribution in [-0.4, -0.2) is 23.0 Å². The summed E-state index contributed by atoms with van der Waals surface area (Å²) in [4.78, 5) is 7.01. The molecule has 16 heavy (non-hydrogen) atoms. The number of thiazole rings is 1. The van der Waals surface area contributed by atoms with E-state index in [0.29, 0.717) is 12.0 Å². The Labute approximate surface area is 102 Å². The molecule has 1 fully saturated rings. The monoisotopic (exact) mass is 239 g/mol. The van der Waals surface area contributed by atoms with Crippen LogP contribution in [-0.2, 0) is 13.1 Å². The summed E-state index contributed by atoms with van der Waals surface area (Å²) < 4.78 is 0. The van der Waals surface area contributed by atoms with Crippen molar-refractivity contribution in [1.82, 2.24) is 9.88 Å². The molecule has 0 amide bonds. The Kier molecular flexibility index (Phi) is 3.62. The molecule has 0 radical (unpaired) electrons. The first kappa shape index (κ1) is 12.0. The van der Waals surface area contributed by atoms with Crippen molar-refractivity contribution in [3.63, 3.8) is 0 Å². The van der Waals surface area contributed by atoms with Crippen LogP contribution >= 0.6 is 11.3 Å². The predicted octanol–water partition coefficient (Wildman–Crippen LogP) is 2.22. The van der Waals surface area contributed by atoms with Crippen molar-refractivity contribution in [3.05, 3.63) is 16.1 Å². The number of nitrogens with zero attached hydrogens (tertiary/aromatic N) is 2. The first-order chi connectivity index (χ1) is 7.59. The van der Waals surface area contributed by atoms with Crippen molar-refractivity contribution in [2.45, 2.75) is 39.8 Å². The van der Waals surface area contributed by atoms with E-state index in [1.54, 1.807) is 11.3 Å². The molecule has 0 bridgehead atoms. The van der Waals surface area contributed by atoms with Crippen LogP contribution in [0.5, 0.6) is 0 Å². The van der Waals surface area contributed by atoms with Gasteiger partial charge in [-0.25, -0.2) is 4.98 Å². The van der Waals surface area contributed by atoms with E-state index in [1.807, 2.05) is 0 Å². The van der Waals surface area contributed by atoms with Gasteiger partial charge in [0.15, 0.2) is 0 Å². The van der Waals surface area contributed by atoms with Crippen molar-refractivity contribution < 1.29 is 0 Å². The maximum absolute atomic E-state index is 5.57. The van der Waals surface area contributed by atoms with Gasteiger partial charge in [-0.1, -0.05) is 13.8 Å². The minimum Gasteiger partial charge on any atom is -0.325 e. The average Bonchev–Trinajstić information content (AvgIpc) is 2.69. The quantitative estimate of drug-likeness (QED) is 0.879. The molecule has 2 N–H and O–H groups in total. The van der Waals surface area contributed by atoms with E-state index in [-0.39, 0.29) is 0 Å². The molecule has 3 nitrogen and oxygen atoms in total. The maximum Gasteiger partial charge on any atom is 0.106 e. The summed E-state index contributed by atoms with van der Waals surface area (Å²) in [7, 11) is 0. The zero-order valence-electron chi connectivity index (χ0n) is 10.2. The van der Waals surface area contributed by atoms with Gasteiger partial charge in [-0.2, -0.15) is 0 Å². The van der Waals surface area contributed by atoms with Crippen LogP contribution in [0.4, 0.5) is 0 Å². The molecule has 1 aliphatic rings. The van der Waals surface area contributed by atoms with Crippen LogP contribution < -0.4 is 5.73 Å². The van der Waals surface area contributed by atoms with E-state index in [1.165, 1.54) is 31.6 Å². The molecule has 2 rings (SSSR count). The van der Waals surface area contributed by atoms with Gasteiger partial charge in [0.05, 0.1) is 5.69 Å². The normalized spacial score (nSPS) is 21.2. The predicted molar refractivity (Wildman–Crippen MR) is 68.3 cm³/mol. The SMILES string of the molecule is CC1(C)CCN(Cc2csc(CN)n2)CC1. The van der Waals surface area contributed by atoms with E-state index in [4.69, 9.17) is 5.73 Å². The van der Waals surface area contributed by atoms with Crippen molar-refractivity contribution in [2.24, 2.45) is 11.1 Å². The summed E-state index contributed by atoms with van der Waals surface area (Å²) in [5.41, 5.74) is 7.28. The van der Waals surface area contributed by atoms with Crippen molar-refractivity contribution in [3.8, 4) is 0 Å². The lowest BCUT2D eigenvalue weighted by Gasteiger charge is -2.36. The zero-order valence-corrected chi connectivity index (χ0v) is 11.0. The molecule has 1 aromatic rings. The van der Waals surface area contributed by atoms with Gasteiger partial charge in [-0.05, 0) is 31.3 Å². The molecule has 1 saturated heterocycles. The smallest absolute Gasteiger partial charge is 0.106 e. The molecule has 0 spiro atoms. The highest BCUT2D eigenvalue weighted by molar-refractivity contribution is 7.09. The fourth-order valence-corrected chi connectivity index (χ4v) is 2.73. The van der Waals surface area contributed by atoms with Crippen LogP contribution in [0.3, 0.4) is 0 Å². The van der Waals surface area contributed by atoms with Gasteiger partial charge in [0.25, 0.3) is 0 Å². The van der Waals surface area contributed by atoms with Gasteiger partial charge >= 0.3 is 0 Å². The molecule has 0 unspecified atom stereocenters. The van der Waals surface area contributed by atoms with Gasteiger partial charge in [0.2, 0.25) is 0 Å². The number of piperidine rings is 1. The van der Waals surface area contributed by atoms with Gasteiger partial charge in [-0.15, -0.1) is 11.3 Å². The molecular formula is C12H21N3S. The molecule has 0 aliphatic carbocycles. The zero-order chi connectivity index (χ0) is 11.6. The van der Waals surface area contributed by atoms with Gasteiger partial charge in [-0.3, -0.25) is 4.90 Å². The molecule has 1 aliphatic heterocycles. The van der Waals surface area contributed by atoms with Crippen LogP contribution in [0.15, 0.2) is 5.38 Å². The number of nitrogens with two attached hydrogens (primary N) is 1. The summed E-state index contributed by atoms with van der Waals surface area (Å²) in [5, 5.41) is 3.19. The fourth-order valence-electron chi connectivity index (χ4n) is 2.06. The van der Waals surface area contributed by atoms with Crippen molar-refractivity contribution in [1.29, 1.82) is 0 Å². The topological polar surface area (TPSA) is 42.1 Å². The lowest BCUT2D eigenvalue weighted by atomic mass is 9.83. The second kappa shape index (κ2) is 4.82. The highest BCUT2D eigenvalue weighted by atomic mass is 32.1. The Hall–Kier alpha value is -0.450. The highest BCUT2D eigenvalue weighted by Gasteiger charge is 2.25. The van der Waals surface area contributed by atoms with Crippen molar-refractivity contribution >= 4 is 11.3 Å². The molecule has 90 valence electrons. The molecule has 2 heterocycles. The molecule has 0 atom stereocenters. The maximum atomic E-state index is 5.57. The van der Waals surface area contributed by atoms with Crippen molar-refractivity contribution in [2.75, 3.05) is 13.1 Å². The Morgan fingerprint density at radius 3 is 2.69 bits per heavy atom. The number of hydrogen-bond donors (Lipinski definition) is 1. The fraction of sp³-hybridized carbons (Fsp3) is 0.750. The highest BCUT2D eigenvalue weighted by Crippen LogP contribution is 2.30. The summed E-state index contributed by atoms with van der Waals surface area (Å²) >= 11 is 1.68. The Morgan fingerprint density at radius 1 is 1.44 bits per heavy atom. The standard InChI is InChI=1S/C12H21N3S/c1-12(2)3-5-15(6-4-12)8-10-9-16-11(7-13)14-10/h9H,3-8,13H2,1-2H3. The Bertz CT molecular complexity index is 336. The molecule has 0 aromatic carbocycles. The lowest BCUT2D eigenvalue weighted by molar-refractivity contribution is 0.126. The second-order valence-corrected chi connectivity index (χ2v) is 6.32. The number of rotatable bonds is 3. The summed E-state index contributed by atoms with van der Waals surface area (Å²) in [6.45, 7) is 8.68. The largest absolute Gasteiger partial charge is 0.325 e. The van der Waals surface area contributed by atoms with E-state index in [2.05, 4.69) is 29.1 Å². The minimum absolute atomic E-state index is 0.529. The number of aromatic nitrogens is 1. The third-order valence-corrected chi connectivity index (χ3v) is 4.29. The van der Waals surface area contributed by atoms with Gasteiger partial charge < -0.3 is 5.73 Å². The lowest BCUT2D eigenvalue weighted by Crippen LogP contribution is -2.36. The summed E-state index contributed by atoms with van der Waals surface area (Å²) in [5.74, 6) is 0.